The lowest BCUT2D eigenvalue weighted by molar-refractivity contribution is -0.0512. The SMILES string of the molecule is COc1cc(C(=O)C=Cc2ccccc2C)ccc1OC(F)F. The summed E-state index contributed by atoms with van der Waals surface area (Å²) in [5.41, 5.74) is 2.31. The topological polar surface area (TPSA) is 35.5 Å². The van der Waals surface area contributed by atoms with E-state index in [4.69, 9.17) is 4.74 Å². The Morgan fingerprint density at radius 3 is 2.52 bits per heavy atom. The molecular formula is C18H16F2O3. The van der Waals surface area contributed by atoms with Crippen molar-refractivity contribution in [2.24, 2.45) is 0 Å². The van der Waals surface area contributed by atoms with Crippen LogP contribution in [0.4, 0.5) is 8.78 Å². The second-order valence-corrected chi connectivity index (χ2v) is 4.80. The van der Waals surface area contributed by atoms with Crippen molar-refractivity contribution in [2.75, 3.05) is 7.11 Å². The summed E-state index contributed by atoms with van der Waals surface area (Å²) in [7, 11) is 1.32. The molecule has 2 aromatic carbocycles. The van der Waals surface area contributed by atoms with E-state index in [2.05, 4.69) is 4.74 Å². The second-order valence-electron chi connectivity index (χ2n) is 4.80. The number of ether oxygens (including phenoxy) is 2. The summed E-state index contributed by atoms with van der Waals surface area (Å²) >= 11 is 0. The molecule has 0 heterocycles. The Kier molecular flexibility index (Phi) is 5.46. The van der Waals surface area contributed by atoms with Gasteiger partial charge in [0.1, 0.15) is 0 Å². The molecule has 3 nitrogen and oxygen atoms in total. The maximum Gasteiger partial charge on any atom is 0.387 e. The van der Waals surface area contributed by atoms with Crippen LogP contribution in [0.2, 0.25) is 0 Å². The summed E-state index contributed by atoms with van der Waals surface area (Å²) in [5, 5.41) is 0. The van der Waals surface area contributed by atoms with Crippen LogP contribution in [0.25, 0.3) is 6.08 Å². The monoisotopic (exact) mass is 318 g/mol. The third kappa shape index (κ3) is 4.39. The van der Waals surface area contributed by atoms with Gasteiger partial charge >= 0.3 is 6.61 Å². The molecule has 0 saturated carbocycles. The summed E-state index contributed by atoms with van der Waals surface area (Å²) in [6.07, 6.45) is 3.15. The average Bonchev–Trinajstić information content (AvgIpc) is 2.53. The van der Waals surface area contributed by atoms with Crippen LogP contribution in [0, 0.1) is 6.92 Å². The molecule has 0 atom stereocenters. The predicted octanol–water partition coefficient (Wildman–Crippen LogP) is 4.50. The van der Waals surface area contributed by atoms with Gasteiger partial charge in [-0.2, -0.15) is 8.78 Å². The number of alkyl halides is 2. The zero-order chi connectivity index (χ0) is 16.8. The van der Waals surface area contributed by atoms with Gasteiger partial charge in [-0.15, -0.1) is 0 Å². The molecule has 0 unspecified atom stereocenters. The lowest BCUT2D eigenvalue weighted by Crippen LogP contribution is -2.04. The van der Waals surface area contributed by atoms with Gasteiger partial charge < -0.3 is 9.47 Å². The first kappa shape index (κ1) is 16.7. The lowest BCUT2D eigenvalue weighted by Gasteiger charge is -2.10. The lowest BCUT2D eigenvalue weighted by atomic mass is 10.1. The number of benzene rings is 2. The smallest absolute Gasteiger partial charge is 0.387 e. The third-order valence-electron chi connectivity index (χ3n) is 3.27. The molecule has 2 aromatic rings. The normalized spacial score (nSPS) is 11.0. The quantitative estimate of drug-likeness (QED) is 0.581. The zero-order valence-electron chi connectivity index (χ0n) is 12.8. The highest BCUT2D eigenvalue weighted by Gasteiger charge is 2.13. The van der Waals surface area contributed by atoms with Crippen molar-refractivity contribution in [3.8, 4) is 11.5 Å². The van der Waals surface area contributed by atoms with Gasteiger partial charge in [0, 0.05) is 5.56 Å². The molecule has 0 aromatic heterocycles. The summed E-state index contributed by atoms with van der Waals surface area (Å²) in [4.78, 5) is 12.2. The second kappa shape index (κ2) is 7.54. The standard InChI is InChI=1S/C18H16F2O3/c1-12-5-3-4-6-13(12)7-9-15(21)14-8-10-16(23-18(19)20)17(11-14)22-2/h3-11,18H,1-2H3. The summed E-state index contributed by atoms with van der Waals surface area (Å²) in [6, 6.07) is 11.7. The van der Waals surface area contributed by atoms with E-state index in [-0.39, 0.29) is 17.3 Å². The molecule has 0 saturated heterocycles. The maximum absolute atomic E-state index is 12.3. The van der Waals surface area contributed by atoms with Crippen LogP contribution in [0.15, 0.2) is 48.5 Å². The van der Waals surface area contributed by atoms with Crippen LogP contribution in [-0.2, 0) is 0 Å². The van der Waals surface area contributed by atoms with Gasteiger partial charge in [-0.05, 0) is 42.3 Å². The van der Waals surface area contributed by atoms with Gasteiger partial charge in [0.05, 0.1) is 7.11 Å². The number of rotatable bonds is 6. The third-order valence-corrected chi connectivity index (χ3v) is 3.27. The molecule has 0 spiro atoms. The number of hydrogen-bond donors (Lipinski definition) is 0. The van der Waals surface area contributed by atoms with E-state index in [0.29, 0.717) is 5.56 Å². The average molecular weight is 318 g/mol. The Bertz CT molecular complexity index is 724. The highest BCUT2D eigenvalue weighted by atomic mass is 19.3. The highest BCUT2D eigenvalue weighted by molar-refractivity contribution is 6.07. The predicted molar refractivity (Wildman–Crippen MR) is 84.2 cm³/mol. The van der Waals surface area contributed by atoms with Crippen LogP contribution in [-0.4, -0.2) is 19.5 Å². The molecule has 0 aliphatic rings. The Labute approximate surface area is 133 Å². The minimum Gasteiger partial charge on any atom is -0.493 e. The van der Waals surface area contributed by atoms with Gasteiger partial charge in [-0.3, -0.25) is 4.79 Å². The van der Waals surface area contributed by atoms with Crippen molar-refractivity contribution >= 4 is 11.9 Å². The molecule has 23 heavy (non-hydrogen) atoms. The Balaban J connectivity index is 2.21. The molecular weight excluding hydrogens is 302 g/mol. The van der Waals surface area contributed by atoms with E-state index in [1.165, 1.54) is 31.4 Å². The fourth-order valence-corrected chi connectivity index (χ4v) is 2.05. The zero-order valence-corrected chi connectivity index (χ0v) is 12.8. The number of carbonyl (C=O) groups is 1. The van der Waals surface area contributed by atoms with Crippen LogP contribution in [0.3, 0.4) is 0 Å². The molecule has 0 fully saturated rings. The number of carbonyl (C=O) groups excluding carboxylic acids is 1. The minimum absolute atomic E-state index is 0.0837. The number of halogens is 2. The fraction of sp³-hybridized carbons (Fsp3) is 0.167. The molecule has 120 valence electrons. The number of methoxy groups -OCH3 is 1. The Morgan fingerprint density at radius 1 is 1.13 bits per heavy atom. The van der Waals surface area contributed by atoms with Gasteiger partial charge in [0.25, 0.3) is 0 Å². The van der Waals surface area contributed by atoms with Crippen molar-refractivity contribution in [2.45, 2.75) is 13.5 Å². The Morgan fingerprint density at radius 2 is 1.87 bits per heavy atom. The maximum atomic E-state index is 12.3. The fourth-order valence-electron chi connectivity index (χ4n) is 2.05. The van der Waals surface area contributed by atoms with Crippen LogP contribution in [0.1, 0.15) is 21.5 Å². The van der Waals surface area contributed by atoms with E-state index in [9.17, 15) is 13.6 Å². The van der Waals surface area contributed by atoms with Crippen molar-refractivity contribution in [1.82, 2.24) is 0 Å². The number of aryl methyl sites for hydroxylation is 1. The van der Waals surface area contributed by atoms with Gasteiger partial charge in [0.2, 0.25) is 0 Å². The molecule has 0 bridgehead atoms. The van der Waals surface area contributed by atoms with Crippen molar-refractivity contribution in [3.63, 3.8) is 0 Å². The van der Waals surface area contributed by atoms with Crippen molar-refractivity contribution < 1.29 is 23.0 Å². The molecule has 2 rings (SSSR count). The van der Waals surface area contributed by atoms with E-state index >= 15 is 0 Å². The summed E-state index contributed by atoms with van der Waals surface area (Å²) < 4.78 is 33.9. The summed E-state index contributed by atoms with van der Waals surface area (Å²) in [6.45, 7) is -1.00. The molecule has 0 aliphatic heterocycles. The van der Waals surface area contributed by atoms with Crippen LogP contribution in [0.5, 0.6) is 11.5 Å². The van der Waals surface area contributed by atoms with E-state index in [1.807, 2.05) is 31.2 Å². The number of allylic oxidation sites excluding steroid dienone is 1. The van der Waals surface area contributed by atoms with Gasteiger partial charge in [0.15, 0.2) is 17.3 Å². The van der Waals surface area contributed by atoms with E-state index < -0.39 is 6.61 Å². The molecule has 0 radical (unpaired) electrons. The first-order valence-electron chi connectivity index (χ1n) is 6.92. The van der Waals surface area contributed by atoms with Crippen LogP contribution < -0.4 is 9.47 Å². The minimum atomic E-state index is -2.95. The van der Waals surface area contributed by atoms with Crippen molar-refractivity contribution in [3.05, 3.63) is 65.2 Å². The molecule has 0 N–H and O–H groups in total. The largest absolute Gasteiger partial charge is 0.493 e. The number of hydrogen-bond acceptors (Lipinski definition) is 3. The Hall–Kier alpha value is -2.69. The first-order chi connectivity index (χ1) is 11.0. The molecule has 5 heteroatoms. The highest BCUT2D eigenvalue weighted by Crippen LogP contribution is 2.29. The van der Waals surface area contributed by atoms with Crippen LogP contribution >= 0.6 is 0 Å². The van der Waals surface area contributed by atoms with E-state index in [0.717, 1.165) is 11.1 Å². The summed E-state index contributed by atoms with van der Waals surface area (Å²) in [5.74, 6) is -0.280. The molecule has 0 aliphatic carbocycles. The van der Waals surface area contributed by atoms with Gasteiger partial charge in [-0.25, -0.2) is 0 Å². The van der Waals surface area contributed by atoms with Crippen molar-refractivity contribution in [1.29, 1.82) is 0 Å². The molecule has 0 amide bonds. The first-order valence-corrected chi connectivity index (χ1v) is 6.92. The van der Waals surface area contributed by atoms with Gasteiger partial charge in [-0.1, -0.05) is 30.3 Å². The number of ketones is 1. The van der Waals surface area contributed by atoms with E-state index in [1.54, 1.807) is 6.08 Å².